The third-order valence-corrected chi connectivity index (χ3v) is 6.40. The Morgan fingerprint density at radius 3 is 2.44 bits per heavy atom. The number of hydrogen-bond donors (Lipinski definition) is 1. The first kappa shape index (κ1) is 23.0. The number of carboxylic acid groups (broad SMARTS) is 1. The minimum atomic E-state index is -1.04. The van der Waals surface area contributed by atoms with Crippen molar-refractivity contribution in [1.82, 2.24) is 9.47 Å². The summed E-state index contributed by atoms with van der Waals surface area (Å²) in [6.45, 7) is 3.66. The number of carbonyl (C=O) groups is 3. The molecule has 34 heavy (non-hydrogen) atoms. The standard InChI is InChI=1S/C24H19N3O6S/c1-14-11-17(15(2)26(14)20-6-4-3-5-19(20)23(29)30)12-21-22(28)25(24(31)34-21)13-16-7-9-18(10-8-16)27(32)33/h3-12H,13H2,1-2H3,(H,29,30)/b21-12-. The zero-order chi connectivity index (χ0) is 24.6. The van der Waals surface area contributed by atoms with Crippen molar-refractivity contribution in [1.29, 1.82) is 0 Å². The van der Waals surface area contributed by atoms with E-state index in [0.29, 0.717) is 16.8 Å². The van der Waals surface area contributed by atoms with Gasteiger partial charge in [-0.1, -0.05) is 24.3 Å². The number of para-hydroxylation sites is 1. The monoisotopic (exact) mass is 477 g/mol. The fraction of sp³-hybridized carbons (Fsp3) is 0.125. The number of thioether (sulfide) groups is 1. The molecule has 1 fully saturated rings. The van der Waals surface area contributed by atoms with Crippen LogP contribution >= 0.6 is 11.8 Å². The number of nitrogens with zero attached hydrogens (tertiary/aromatic N) is 3. The smallest absolute Gasteiger partial charge is 0.337 e. The molecule has 2 aromatic carbocycles. The molecule has 9 nitrogen and oxygen atoms in total. The van der Waals surface area contributed by atoms with E-state index in [1.165, 1.54) is 30.3 Å². The molecule has 1 aliphatic heterocycles. The van der Waals surface area contributed by atoms with E-state index in [0.717, 1.165) is 28.0 Å². The average molecular weight is 477 g/mol. The Morgan fingerprint density at radius 2 is 1.79 bits per heavy atom. The van der Waals surface area contributed by atoms with Gasteiger partial charge in [0, 0.05) is 23.5 Å². The van der Waals surface area contributed by atoms with Gasteiger partial charge >= 0.3 is 5.97 Å². The summed E-state index contributed by atoms with van der Waals surface area (Å²) in [6.07, 6.45) is 1.63. The summed E-state index contributed by atoms with van der Waals surface area (Å²) < 4.78 is 1.80. The molecule has 0 saturated carbocycles. The lowest BCUT2D eigenvalue weighted by Gasteiger charge is -2.13. The van der Waals surface area contributed by atoms with Crippen molar-refractivity contribution in [3.63, 3.8) is 0 Å². The first-order valence-corrected chi connectivity index (χ1v) is 11.0. The summed E-state index contributed by atoms with van der Waals surface area (Å²) in [5.74, 6) is -1.50. The third-order valence-electron chi connectivity index (χ3n) is 5.49. The number of amides is 2. The highest BCUT2D eigenvalue weighted by molar-refractivity contribution is 8.18. The summed E-state index contributed by atoms with van der Waals surface area (Å²) in [6, 6.07) is 14.2. The van der Waals surface area contributed by atoms with Crippen molar-refractivity contribution in [2.24, 2.45) is 0 Å². The highest BCUT2D eigenvalue weighted by Crippen LogP contribution is 2.35. The Bertz CT molecular complexity index is 1370. The predicted molar refractivity (Wildman–Crippen MR) is 127 cm³/mol. The topological polar surface area (TPSA) is 123 Å². The molecule has 1 N–H and O–H groups in total. The van der Waals surface area contributed by atoms with Crippen LogP contribution in [0.1, 0.15) is 32.9 Å². The fourth-order valence-electron chi connectivity index (χ4n) is 3.84. The summed E-state index contributed by atoms with van der Waals surface area (Å²) in [5.41, 5.74) is 3.39. The zero-order valence-electron chi connectivity index (χ0n) is 18.2. The molecule has 1 saturated heterocycles. The number of rotatable bonds is 6. The largest absolute Gasteiger partial charge is 0.478 e. The molecule has 0 aliphatic carbocycles. The Hall–Kier alpha value is -4.18. The Balaban J connectivity index is 1.63. The molecule has 1 aromatic heterocycles. The number of non-ortho nitro benzene ring substituents is 1. The maximum absolute atomic E-state index is 12.9. The van der Waals surface area contributed by atoms with E-state index in [2.05, 4.69) is 0 Å². The van der Waals surface area contributed by atoms with Crippen molar-refractivity contribution in [3.8, 4) is 5.69 Å². The second kappa shape index (κ2) is 8.99. The summed E-state index contributed by atoms with van der Waals surface area (Å²) in [7, 11) is 0. The number of benzene rings is 2. The third kappa shape index (κ3) is 4.23. The van der Waals surface area contributed by atoms with Crippen molar-refractivity contribution in [2.75, 3.05) is 0 Å². The SMILES string of the molecule is Cc1cc(/C=C2\SC(=O)N(Cc3ccc([N+](=O)[O-])cc3)C2=O)c(C)n1-c1ccccc1C(=O)O. The molecule has 0 unspecified atom stereocenters. The molecule has 2 amide bonds. The molecule has 0 atom stereocenters. The minimum Gasteiger partial charge on any atom is -0.478 e. The van der Waals surface area contributed by atoms with Crippen LogP contribution in [0.4, 0.5) is 10.5 Å². The van der Waals surface area contributed by atoms with Crippen LogP contribution in [0.2, 0.25) is 0 Å². The molecule has 2 heterocycles. The number of hydrogen-bond acceptors (Lipinski definition) is 6. The number of nitro benzene ring substituents is 1. The number of carbonyl (C=O) groups excluding carboxylic acids is 2. The molecule has 0 bridgehead atoms. The van der Waals surface area contributed by atoms with Gasteiger partial charge in [-0.25, -0.2) is 4.79 Å². The zero-order valence-corrected chi connectivity index (χ0v) is 19.0. The molecule has 1 aliphatic rings. The molecule has 10 heteroatoms. The second-order valence-corrected chi connectivity index (χ2v) is 8.67. The van der Waals surface area contributed by atoms with Crippen LogP contribution in [0, 0.1) is 24.0 Å². The molecule has 0 radical (unpaired) electrons. The summed E-state index contributed by atoms with van der Waals surface area (Å²) >= 11 is 0.819. The number of nitro groups is 1. The van der Waals surface area contributed by atoms with Gasteiger partial charge in [-0.2, -0.15) is 0 Å². The lowest BCUT2D eigenvalue weighted by Crippen LogP contribution is -2.27. The lowest BCUT2D eigenvalue weighted by molar-refractivity contribution is -0.384. The molecule has 4 rings (SSSR count). The average Bonchev–Trinajstić information content (AvgIpc) is 3.23. The van der Waals surface area contributed by atoms with Crippen molar-refractivity contribution in [3.05, 3.63) is 97.7 Å². The lowest BCUT2D eigenvalue weighted by atomic mass is 10.1. The maximum Gasteiger partial charge on any atom is 0.337 e. The van der Waals surface area contributed by atoms with E-state index >= 15 is 0 Å². The highest BCUT2D eigenvalue weighted by Gasteiger charge is 2.35. The maximum atomic E-state index is 12.9. The van der Waals surface area contributed by atoms with Gasteiger partial charge in [0.15, 0.2) is 0 Å². The van der Waals surface area contributed by atoms with Gasteiger partial charge in [-0.15, -0.1) is 0 Å². The second-order valence-electron chi connectivity index (χ2n) is 7.68. The van der Waals surface area contributed by atoms with Crippen LogP contribution < -0.4 is 0 Å². The normalized spacial score (nSPS) is 14.8. The van der Waals surface area contributed by atoms with E-state index < -0.39 is 22.0 Å². The van der Waals surface area contributed by atoms with E-state index in [-0.39, 0.29) is 22.7 Å². The molecule has 3 aromatic rings. The van der Waals surface area contributed by atoms with Crippen LogP contribution in [0.3, 0.4) is 0 Å². The van der Waals surface area contributed by atoms with Crippen LogP contribution in [0.15, 0.2) is 59.5 Å². The van der Waals surface area contributed by atoms with Crippen LogP contribution in [0.25, 0.3) is 11.8 Å². The number of aromatic carboxylic acids is 1. The van der Waals surface area contributed by atoms with Gasteiger partial charge in [0.2, 0.25) is 0 Å². The molecule has 0 spiro atoms. The van der Waals surface area contributed by atoms with Gasteiger partial charge in [-0.3, -0.25) is 24.6 Å². The van der Waals surface area contributed by atoms with Crippen molar-refractivity contribution in [2.45, 2.75) is 20.4 Å². The number of aromatic nitrogens is 1. The summed E-state index contributed by atoms with van der Waals surface area (Å²) in [5, 5.41) is 19.9. The number of aryl methyl sites for hydroxylation is 1. The van der Waals surface area contributed by atoms with Crippen LogP contribution in [-0.4, -0.2) is 36.6 Å². The van der Waals surface area contributed by atoms with Gasteiger partial charge < -0.3 is 9.67 Å². The first-order valence-electron chi connectivity index (χ1n) is 10.2. The van der Waals surface area contributed by atoms with E-state index in [1.807, 2.05) is 19.9 Å². The van der Waals surface area contributed by atoms with E-state index in [1.54, 1.807) is 28.8 Å². The van der Waals surface area contributed by atoms with Gasteiger partial charge in [0.05, 0.1) is 27.6 Å². The van der Waals surface area contributed by atoms with Gasteiger partial charge in [-0.05, 0) is 61.0 Å². The van der Waals surface area contributed by atoms with Gasteiger partial charge in [0.25, 0.3) is 16.8 Å². The molecular formula is C24H19N3O6S. The van der Waals surface area contributed by atoms with Gasteiger partial charge in [0.1, 0.15) is 0 Å². The quantitative estimate of drug-likeness (QED) is 0.303. The summed E-state index contributed by atoms with van der Waals surface area (Å²) in [4.78, 5) is 48.8. The first-order chi connectivity index (χ1) is 16.2. The fourth-order valence-corrected chi connectivity index (χ4v) is 4.67. The Kier molecular flexibility index (Phi) is 6.08. The van der Waals surface area contributed by atoms with Crippen molar-refractivity contribution >= 4 is 40.6 Å². The number of carboxylic acids is 1. The number of imide groups is 1. The van der Waals surface area contributed by atoms with Crippen LogP contribution in [-0.2, 0) is 11.3 Å². The highest BCUT2D eigenvalue weighted by atomic mass is 32.2. The Morgan fingerprint density at radius 1 is 1.12 bits per heavy atom. The van der Waals surface area contributed by atoms with E-state index in [9.17, 15) is 29.6 Å². The molecular weight excluding hydrogens is 458 g/mol. The van der Waals surface area contributed by atoms with Crippen molar-refractivity contribution < 1.29 is 24.4 Å². The predicted octanol–water partition coefficient (Wildman–Crippen LogP) is 4.94. The van der Waals surface area contributed by atoms with E-state index in [4.69, 9.17) is 0 Å². The minimum absolute atomic E-state index is 0.00497. The molecule has 172 valence electrons. The van der Waals surface area contributed by atoms with Crippen LogP contribution in [0.5, 0.6) is 0 Å². The Labute approximate surface area is 198 Å².